The van der Waals surface area contributed by atoms with Crippen LogP contribution >= 0.6 is 0 Å². The lowest BCUT2D eigenvalue weighted by Gasteiger charge is -2.05. The summed E-state index contributed by atoms with van der Waals surface area (Å²) in [4.78, 5) is 11.7. The summed E-state index contributed by atoms with van der Waals surface area (Å²) in [6.07, 6.45) is 2.20. The van der Waals surface area contributed by atoms with Gasteiger partial charge >= 0.3 is 0 Å². The van der Waals surface area contributed by atoms with Crippen LogP contribution in [0.25, 0.3) is 0 Å². The van der Waals surface area contributed by atoms with E-state index in [4.69, 9.17) is 11.0 Å². The molecule has 0 aliphatic rings. The lowest BCUT2D eigenvalue weighted by molar-refractivity contribution is 0.0953. The number of hydrogen-bond donors (Lipinski definition) is 2. The van der Waals surface area contributed by atoms with Gasteiger partial charge in [-0.1, -0.05) is 12.1 Å². The molecule has 0 spiro atoms. The summed E-state index contributed by atoms with van der Waals surface area (Å²) in [7, 11) is 0. The maximum absolute atomic E-state index is 11.7. The van der Waals surface area contributed by atoms with Gasteiger partial charge in [0.2, 0.25) is 0 Å². The van der Waals surface area contributed by atoms with Crippen molar-refractivity contribution in [2.75, 3.05) is 6.54 Å². The molecule has 0 bridgehead atoms. The van der Waals surface area contributed by atoms with E-state index in [0.29, 0.717) is 25.1 Å². The minimum atomic E-state index is -0.0782. The number of nitrogens with one attached hydrogen (secondary N) is 1. The minimum Gasteiger partial charge on any atom is -0.352 e. The van der Waals surface area contributed by atoms with Gasteiger partial charge < -0.3 is 11.1 Å². The molecule has 0 atom stereocenters. The lowest BCUT2D eigenvalue weighted by Crippen LogP contribution is -2.24. The Bertz CT molecular complexity index is 392. The molecule has 0 radical (unpaired) electrons. The molecule has 0 heterocycles. The quantitative estimate of drug-likeness (QED) is 0.729. The van der Waals surface area contributed by atoms with E-state index < -0.39 is 0 Å². The van der Waals surface area contributed by atoms with Crippen LogP contribution in [-0.2, 0) is 6.54 Å². The van der Waals surface area contributed by atoms with Gasteiger partial charge in [-0.15, -0.1) is 0 Å². The third-order valence-electron chi connectivity index (χ3n) is 2.45. The Kier molecular flexibility index (Phi) is 5.76. The van der Waals surface area contributed by atoms with Crippen molar-refractivity contribution in [3.8, 4) is 6.07 Å². The van der Waals surface area contributed by atoms with Crippen molar-refractivity contribution in [3.63, 3.8) is 0 Å². The predicted molar refractivity (Wildman–Crippen MR) is 66.1 cm³/mol. The van der Waals surface area contributed by atoms with Crippen LogP contribution < -0.4 is 11.1 Å². The molecule has 0 unspecified atom stereocenters. The Hall–Kier alpha value is -1.86. The summed E-state index contributed by atoms with van der Waals surface area (Å²) in [6.45, 7) is 1.09. The van der Waals surface area contributed by atoms with Crippen LogP contribution in [0, 0.1) is 11.3 Å². The first-order valence-electron chi connectivity index (χ1n) is 5.72. The highest BCUT2D eigenvalue weighted by Crippen LogP contribution is 2.03. The van der Waals surface area contributed by atoms with Crippen LogP contribution in [0.1, 0.15) is 35.2 Å². The molecule has 17 heavy (non-hydrogen) atoms. The summed E-state index contributed by atoms with van der Waals surface area (Å²) >= 11 is 0. The van der Waals surface area contributed by atoms with Gasteiger partial charge in [-0.25, -0.2) is 0 Å². The minimum absolute atomic E-state index is 0.0782. The molecular weight excluding hydrogens is 214 g/mol. The molecular formula is C13H17N3O. The van der Waals surface area contributed by atoms with Gasteiger partial charge in [0, 0.05) is 25.1 Å². The van der Waals surface area contributed by atoms with Crippen molar-refractivity contribution < 1.29 is 4.79 Å². The molecule has 1 amide bonds. The Morgan fingerprint density at radius 1 is 1.29 bits per heavy atom. The summed E-state index contributed by atoms with van der Waals surface area (Å²) in [6, 6.07) is 9.32. The first-order valence-corrected chi connectivity index (χ1v) is 5.72. The van der Waals surface area contributed by atoms with Crippen LogP contribution in [-0.4, -0.2) is 12.5 Å². The van der Waals surface area contributed by atoms with E-state index in [-0.39, 0.29) is 5.91 Å². The standard InChI is InChI=1S/C13H17N3O/c14-8-2-1-3-9-16-13(17)12-6-4-11(10-15)5-7-12/h4-7H,1-3,9-10,15H2,(H,16,17). The van der Waals surface area contributed by atoms with E-state index >= 15 is 0 Å². The normalized spacial score (nSPS) is 9.65. The summed E-state index contributed by atoms with van der Waals surface area (Å²) in [5, 5.41) is 11.2. The zero-order valence-corrected chi connectivity index (χ0v) is 9.78. The molecule has 3 N–H and O–H groups in total. The third kappa shape index (κ3) is 4.66. The first-order chi connectivity index (χ1) is 8.27. The molecule has 1 aromatic carbocycles. The topological polar surface area (TPSA) is 78.9 Å². The van der Waals surface area contributed by atoms with Crippen LogP contribution in [0.3, 0.4) is 0 Å². The second kappa shape index (κ2) is 7.42. The van der Waals surface area contributed by atoms with Gasteiger partial charge in [0.25, 0.3) is 5.91 Å². The van der Waals surface area contributed by atoms with Crippen molar-refractivity contribution in [1.29, 1.82) is 5.26 Å². The fourth-order valence-electron chi connectivity index (χ4n) is 1.43. The molecule has 0 fully saturated rings. The molecule has 0 saturated carbocycles. The van der Waals surface area contributed by atoms with E-state index in [1.165, 1.54) is 0 Å². The molecule has 4 nitrogen and oxygen atoms in total. The second-order valence-corrected chi connectivity index (χ2v) is 3.77. The molecule has 0 aromatic heterocycles. The largest absolute Gasteiger partial charge is 0.352 e. The molecule has 0 saturated heterocycles. The average molecular weight is 231 g/mol. The lowest BCUT2D eigenvalue weighted by atomic mass is 10.1. The molecule has 0 aliphatic carbocycles. The number of nitrogens with zero attached hydrogens (tertiary/aromatic N) is 1. The van der Waals surface area contributed by atoms with Crippen molar-refractivity contribution in [2.24, 2.45) is 5.73 Å². The highest BCUT2D eigenvalue weighted by Gasteiger charge is 2.03. The number of amides is 1. The van der Waals surface area contributed by atoms with E-state index in [9.17, 15) is 4.79 Å². The molecule has 90 valence electrons. The molecule has 4 heteroatoms. The Morgan fingerprint density at radius 2 is 2.00 bits per heavy atom. The van der Waals surface area contributed by atoms with Crippen LogP contribution in [0.15, 0.2) is 24.3 Å². The SMILES string of the molecule is N#CCCCCNC(=O)c1ccc(CN)cc1. The van der Waals surface area contributed by atoms with Crippen molar-refractivity contribution in [1.82, 2.24) is 5.32 Å². The smallest absolute Gasteiger partial charge is 0.251 e. The van der Waals surface area contributed by atoms with Crippen molar-refractivity contribution in [2.45, 2.75) is 25.8 Å². The van der Waals surface area contributed by atoms with Crippen molar-refractivity contribution in [3.05, 3.63) is 35.4 Å². The fourth-order valence-corrected chi connectivity index (χ4v) is 1.43. The van der Waals surface area contributed by atoms with Gasteiger partial charge in [0.1, 0.15) is 0 Å². The van der Waals surface area contributed by atoms with E-state index in [2.05, 4.69) is 11.4 Å². The zero-order valence-electron chi connectivity index (χ0n) is 9.78. The van der Waals surface area contributed by atoms with E-state index in [1.807, 2.05) is 12.1 Å². The summed E-state index contributed by atoms with van der Waals surface area (Å²) in [5.41, 5.74) is 7.13. The number of carbonyl (C=O) groups is 1. The first kappa shape index (κ1) is 13.2. The van der Waals surface area contributed by atoms with Crippen LogP contribution in [0.4, 0.5) is 0 Å². The number of carbonyl (C=O) groups excluding carboxylic acids is 1. The summed E-state index contributed by atoms with van der Waals surface area (Å²) in [5.74, 6) is -0.0782. The highest BCUT2D eigenvalue weighted by atomic mass is 16.1. The average Bonchev–Trinajstić information content (AvgIpc) is 2.38. The van der Waals surface area contributed by atoms with Gasteiger partial charge in [-0.05, 0) is 30.5 Å². The number of hydrogen-bond acceptors (Lipinski definition) is 3. The molecule has 1 rings (SSSR count). The third-order valence-corrected chi connectivity index (χ3v) is 2.45. The highest BCUT2D eigenvalue weighted by molar-refractivity contribution is 5.94. The number of rotatable bonds is 6. The number of unbranched alkanes of at least 4 members (excludes halogenated alkanes) is 2. The van der Waals surface area contributed by atoms with Crippen LogP contribution in [0.2, 0.25) is 0 Å². The predicted octanol–water partition coefficient (Wildman–Crippen LogP) is 1.57. The number of nitriles is 1. The van der Waals surface area contributed by atoms with E-state index in [1.54, 1.807) is 12.1 Å². The Labute approximate surface area is 101 Å². The van der Waals surface area contributed by atoms with Crippen molar-refractivity contribution >= 4 is 5.91 Å². The van der Waals surface area contributed by atoms with Gasteiger partial charge in [0.15, 0.2) is 0 Å². The van der Waals surface area contributed by atoms with Gasteiger partial charge in [-0.2, -0.15) is 5.26 Å². The molecule has 1 aromatic rings. The van der Waals surface area contributed by atoms with E-state index in [0.717, 1.165) is 18.4 Å². The Balaban J connectivity index is 2.34. The van der Waals surface area contributed by atoms with Gasteiger partial charge in [-0.3, -0.25) is 4.79 Å². The Morgan fingerprint density at radius 3 is 2.59 bits per heavy atom. The maximum Gasteiger partial charge on any atom is 0.251 e. The van der Waals surface area contributed by atoms with Gasteiger partial charge in [0.05, 0.1) is 6.07 Å². The molecule has 0 aliphatic heterocycles. The number of benzene rings is 1. The zero-order chi connectivity index (χ0) is 12.5. The fraction of sp³-hybridized carbons (Fsp3) is 0.385. The maximum atomic E-state index is 11.7. The number of nitrogens with two attached hydrogens (primary N) is 1. The van der Waals surface area contributed by atoms with Crippen LogP contribution in [0.5, 0.6) is 0 Å². The monoisotopic (exact) mass is 231 g/mol. The summed E-state index contributed by atoms with van der Waals surface area (Å²) < 4.78 is 0. The second-order valence-electron chi connectivity index (χ2n) is 3.77.